The Bertz CT molecular complexity index is 127. The predicted octanol–water partition coefficient (Wildman–Crippen LogP) is 0.537. The molecule has 0 heterocycles. The minimum atomic E-state index is -0.480. The van der Waals surface area contributed by atoms with Crippen molar-refractivity contribution in [1.29, 1.82) is 0 Å². The fourth-order valence-electron chi connectivity index (χ4n) is 0.199. The number of thiol groups is 1. The Kier molecular flexibility index (Phi) is 10.9. The van der Waals surface area contributed by atoms with Crippen molar-refractivity contribution >= 4 is 24.7 Å². The molecular weight excluding hydrogens is 166 g/mol. The van der Waals surface area contributed by atoms with Gasteiger partial charge in [0, 0.05) is 6.92 Å². The van der Waals surface area contributed by atoms with E-state index in [2.05, 4.69) is 17.6 Å². The average Bonchev–Trinajstić information content (AvgIpc) is 2.04. The first-order valence-corrected chi connectivity index (χ1v) is 3.68. The molecule has 66 valence electrons. The molecular formula is C6H13NO3S. The summed E-state index contributed by atoms with van der Waals surface area (Å²) in [6.45, 7) is 4.96. The highest BCUT2D eigenvalue weighted by Crippen LogP contribution is 1.75. The minimum Gasteiger partial charge on any atom is -0.456 e. The Hall–Kier alpha value is -0.710. The van der Waals surface area contributed by atoms with Crippen LogP contribution in [0.2, 0.25) is 0 Å². The monoisotopic (exact) mass is 179 g/mol. The lowest BCUT2D eigenvalue weighted by atomic mass is 10.7. The molecule has 0 unspecified atom stereocenters. The number of rotatable bonds is 2. The molecule has 0 aliphatic rings. The van der Waals surface area contributed by atoms with Gasteiger partial charge in [0.05, 0.1) is 0 Å². The fraction of sp³-hybridized carbons (Fsp3) is 0.667. The highest BCUT2D eigenvalue weighted by Gasteiger charge is 1.98. The third-order valence-corrected chi connectivity index (χ3v) is 0.781. The zero-order valence-corrected chi connectivity index (χ0v) is 7.77. The van der Waals surface area contributed by atoms with Crippen LogP contribution in [0.3, 0.4) is 0 Å². The van der Waals surface area contributed by atoms with Gasteiger partial charge < -0.3 is 4.74 Å². The van der Waals surface area contributed by atoms with E-state index in [1.807, 2.05) is 18.6 Å². The Morgan fingerprint density at radius 2 is 1.91 bits per heavy atom. The summed E-state index contributed by atoms with van der Waals surface area (Å²) in [4.78, 5) is 20.3. The van der Waals surface area contributed by atoms with E-state index in [-0.39, 0.29) is 6.61 Å². The maximum Gasteiger partial charge on any atom is 0.303 e. The molecule has 0 bridgehead atoms. The van der Waals surface area contributed by atoms with Crippen molar-refractivity contribution in [2.24, 2.45) is 0 Å². The summed E-state index contributed by atoms with van der Waals surface area (Å²) >= 11 is 3.43. The van der Waals surface area contributed by atoms with Gasteiger partial charge in [0.2, 0.25) is 0 Å². The first kappa shape index (κ1) is 12.9. The molecule has 0 saturated heterocycles. The van der Waals surface area contributed by atoms with Crippen LogP contribution in [0.5, 0.6) is 0 Å². The molecule has 5 heteroatoms. The zero-order chi connectivity index (χ0) is 9.28. The van der Waals surface area contributed by atoms with Gasteiger partial charge in [-0.1, -0.05) is 26.7 Å². The Morgan fingerprint density at radius 3 is 2.18 bits per heavy atom. The number of hydrogen-bond acceptors (Lipinski definition) is 4. The van der Waals surface area contributed by atoms with Crippen molar-refractivity contribution in [1.82, 2.24) is 4.72 Å². The number of esters is 1. The molecule has 0 aliphatic heterocycles. The maximum absolute atomic E-state index is 10.3. The quantitative estimate of drug-likeness (QED) is 0.480. The third kappa shape index (κ3) is 12.5. The van der Waals surface area contributed by atoms with Crippen molar-refractivity contribution in [2.75, 3.05) is 6.61 Å². The van der Waals surface area contributed by atoms with E-state index in [0.717, 1.165) is 0 Å². The molecule has 0 aromatic rings. The second-order valence-electron chi connectivity index (χ2n) is 1.32. The van der Waals surface area contributed by atoms with Crippen LogP contribution in [0.25, 0.3) is 0 Å². The second-order valence-corrected chi connectivity index (χ2v) is 1.54. The molecule has 11 heavy (non-hydrogen) atoms. The van der Waals surface area contributed by atoms with Crippen LogP contribution in [0.15, 0.2) is 0 Å². The second kappa shape index (κ2) is 9.29. The zero-order valence-electron chi connectivity index (χ0n) is 6.88. The number of carbonyl (C=O) groups is 2. The first-order chi connectivity index (χ1) is 5.16. The SMILES string of the molecule is CC.CC(=O)OCC(=O)NS. The highest BCUT2D eigenvalue weighted by atomic mass is 32.1. The van der Waals surface area contributed by atoms with Crippen molar-refractivity contribution in [3.63, 3.8) is 0 Å². The smallest absolute Gasteiger partial charge is 0.303 e. The van der Waals surface area contributed by atoms with E-state index in [0.29, 0.717) is 0 Å². The Balaban J connectivity index is 0. The molecule has 0 fully saturated rings. The first-order valence-electron chi connectivity index (χ1n) is 3.23. The van der Waals surface area contributed by atoms with Crippen LogP contribution in [0.4, 0.5) is 0 Å². The standard InChI is InChI=1S/C4H7NO3S.C2H6/c1-3(6)8-2-4(7)5-9;1-2/h9H,2H2,1H3,(H,5,7);1-2H3. The van der Waals surface area contributed by atoms with E-state index < -0.39 is 11.9 Å². The van der Waals surface area contributed by atoms with E-state index in [4.69, 9.17) is 0 Å². The maximum atomic E-state index is 10.3. The molecule has 1 amide bonds. The Morgan fingerprint density at radius 1 is 1.45 bits per heavy atom. The van der Waals surface area contributed by atoms with Crippen molar-refractivity contribution in [3.05, 3.63) is 0 Å². The van der Waals surface area contributed by atoms with E-state index in [1.165, 1.54) is 6.92 Å². The fourth-order valence-corrected chi connectivity index (χ4v) is 0.264. The molecule has 4 nitrogen and oxygen atoms in total. The van der Waals surface area contributed by atoms with Gasteiger partial charge in [0.15, 0.2) is 6.61 Å². The number of amides is 1. The molecule has 0 radical (unpaired) electrons. The number of carbonyl (C=O) groups excluding carboxylic acids is 2. The summed E-state index contributed by atoms with van der Waals surface area (Å²) < 4.78 is 6.29. The molecule has 0 rings (SSSR count). The van der Waals surface area contributed by atoms with Crippen LogP contribution in [-0.2, 0) is 14.3 Å². The predicted molar refractivity (Wildman–Crippen MR) is 45.1 cm³/mol. The van der Waals surface area contributed by atoms with Gasteiger partial charge >= 0.3 is 5.97 Å². The van der Waals surface area contributed by atoms with Gasteiger partial charge in [-0.25, -0.2) is 0 Å². The lowest BCUT2D eigenvalue weighted by Gasteiger charge is -1.97. The third-order valence-electron chi connectivity index (χ3n) is 0.531. The Labute approximate surface area is 71.8 Å². The van der Waals surface area contributed by atoms with Crippen LogP contribution in [0, 0.1) is 0 Å². The summed E-state index contributed by atoms with van der Waals surface area (Å²) in [5, 5.41) is 0. The minimum absolute atomic E-state index is 0.265. The molecule has 0 saturated carbocycles. The van der Waals surface area contributed by atoms with Gasteiger partial charge in [0.1, 0.15) is 0 Å². The summed E-state index contributed by atoms with van der Waals surface area (Å²) in [6, 6.07) is 0. The normalized spacial score (nSPS) is 7.27. The van der Waals surface area contributed by atoms with Crippen molar-refractivity contribution in [3.8, 4) is 0 Å². The van der Waals surface area contributed by atoms with E-state index in [9.17, 15) is 9.59 Å². The summed E-state index contributed by atoms with van der Waals surface area (Å²) in [6.07, 6.45) is 0. The van der Waals surface area contributed by atoms with Crippen molar-refractivity contribution < 1.29 is 14.3 Å². The van der Waals surface area contributed by atoms with E-state index >= 15 is 0 Å². The highest BCUT2D eigenvalue weighted by molar-refractivity contribution is 7.78. The van der Waals surface area contributed by atoms with Gasteiger partial charge in [-0.2, -0.15) is 0 Å². The van der Waals surface area contributed by atoms with Gasteiger partial charge in [-0.15, -0.1) is 0 Å². The molecule has 0 aromatic heterocycles. The molecule has 1 N–H and O–H groups in total. The lowest BCUT2D eigenvalue weighted by molar-refractivity contribution is -0.145. The van der Waals surface area contributed by atoms with E-state index in [1.54, 1.807) is 0 Å². The largest absolute Gasteiger partial charge is 0.456 e. The molecule has 0 aliphatic carbocycles. The van der Waals surface area contributed by atoms with Gasteiger partial charge in [-0.05, 0) is 0 Å². The number of hydrogen-bond donors (Lipinski definition) is 2. The summed E-state index contributed by atoms with van der Waals surface area (Å²) in [5.41, 5.74) is 0. The van der Waals surface area contributed by atoms with Crippen molar-refractivity contribution in [2.45, 2.75) is 20.8 Å². The summed E-state index contributed by atoms with van der Waals surface area (Å²) in [7, 11) is 0. The topological polar surface area (TPSA) is 55.4 Å². The van der Waals surface area contributed by atoms with Crippen LogP contribution < -0.4 is 4.72 Å². The summed E-state index contributed by atoms with van der Waals surface area (Å²) in [5.74, 6) is -0.916. The van der Waals surface area contributed by atoms with Gasteiger partial charge in [0.25, 0.3) is 5.91 Å². The number of ether oxygens (including phenoxy) is 1. The van der Waals surface area contributed by atoms with Gasteiger partial charge in [-0.3, -0.25) is 14.3 Å². The van der Waals surface area contributed by atoms with Crippen LogP contribution in [0.1, 0.15) is 20.8 Å². The lowest BCUT2D eigenvalue weighted by Crippen LogP contribution is -2.20. The van der Waals surface area contributed by atoms with Crippen LogP contribution in [-0.4, -0.2) is 18.5 Å². The van der Waals surface area contributed by atoms with Crippen LogP contribution >= 0.6 is 12.8 Å². The molecule has 0 aromatic carbocycles. The number of nitrogens with one attached hydrogen (secondary N) is 1. The molecule has 0 spiro atoms. The molecule has 0 atom stereocenters. The average molecular weight is 179 g/mol.